The maximum atomic E-state index is 12.0. The van der Waals surface area contributed by atoms with E-state index in [2.05, 4.69) is 33.2 Å². The van der Waals surface area contributed by atoms with Gasteiger partial charge < -0.3 is 10.6 Å². The molecule has 2 aromatic rings. The summed E-state index contributed by atoms with van der Waals surface area (Å²) in [5.74, 6) is -0.224. The van der Waals surface area contributed by atoms with Crippen molar-refractivity contribution in [2.45, 2.75) is 6.42 Å². The molecule has 0 unspecified atom stereocenters. The average molecular weight is 443 g/mol. The summed E-state index contributed by atoms with van der Waals surface area (Å²) in [6.07, 6.45) is 0.293. The molecule has 0 radical (unpaired) electrons. The molecule has 2 N–H and O–H groups in total. The highest BCUT2D eigenvalue weighted by Gasteiger charge is 2.08. The van der Waals surface area contributed by atoms with Crippen LogP contribution >= 0.6 is 34.2 Å². The van der Waals surface area contributed by atoms with Crippen molar-refractivity contribution >= 4 is 46.0 Å². The Labute approximate surface area is 153 Å². The molecular formula is C17H16ClIN2O2. The van der Waals surface area contributed by atoms with E-state index in [-0.39, 0.29) is 11.8 Å². The number of carbonyl (C=O) groups excluding carboxylic acids is 2. The van der Waals surface area contributed by atoms with E-state index in [0.29, 0.717) is 30.1 Å². The van der Waals surface area contributed by atoms with Gasteiger partial charge in [0, 0.05) is 21.7 Å². The van der Waals surface area contributed by atoms with Crippen LogP contribution in [-0.2, 0) is 11.2 Å². The molecule has 2 rings (SSSR count). The van der Waals surface area contributed by atoms with Crippen molar-refractivity contribution in [1.82, 2.24) is 10.6 Å². The molecule has 0 bridgehead atoms. The number of amides is 2. The molecule has 4 nitrogen and oxygen atoms in total. The molecule has 0 saturated carbocycles. The standard InChI is InChI=1S/C17H16ClIN2O2/c18-13-7-5-12(6-8-13)11-16(22)20-9-10-21-17(23)14-3-1-2-4-15(14)19/h1-8H,9-11H2,(H,20,22)(H,21,23). The van der Waals surface area contributed by atoms with Crippen molar-refractivity contribution in [3.8, 4) is 0 Å². The number of carbonyl (C=O) groups is 2. The van der Waals surface area contributed by atoms with Gasteiger partial charge >= 0.3 is 0 Å². The number of nitrogens with one attached hydrogen (secondary N) is 2. The Bertz CT molecular complexity index is 689. The Morgan fingerprint density at radius 3 is 2.30 bits per heavy atom. The number of benzene rings is 2. The highest BCUT2D eigenvalue weighted by atomic mass is 127. The van der Waals surface area contributed by atoms with Crippen LogP contribution in [0.4, 0.5) is 0 Å². The van der Waals surface area contributed by atoms with Crippen molar-refractivity contribution in [3.05, 3.63) is 68.3 Å². The van der Waals surface area contributed by atoms with Crippen molar-refractivity contribution in [3.63, 3.8) is 0 Å². The average Bonchev–Trinajstić information content (AvgIpc) is 2.54. The smallest absolute Gasteiger partial charge is 0.252 e. The second kappa shape index (κ2) is 8.88. The Hall–Kier alpha value is -1.60. The van der Waals surface area contributed by atoms with E-state index in [0.717, 1.165) is 9.13 Å². The van der Waals surface area contributed by atoms with Gasteiger partial charge in [0.05, 0.1) is 12.0 Å². The molecule has 0 aliphatic rings. The first kappa shape index (κ1) is 17.7. The molecule has 2 aromatic carbocycles. The molecule has 23 heavy (non-hydrogen) atoms. The fraction of sp³-hybridized carbons (Fsp3) is 0.176. The van der Waals surface area contributed by atoms with Gasteiger partial charge in [0.2, 0.25) is 5.91 Å². The molecule has 0 spiro atoms. The zero-order valence-corrected chi connectivity index (χ0v) is 15.2. The summed E-state index contributed by atoms with van der Waals surface area (Å²) in [7, 11) is 0. The largest absolute Gasteiger partial charge is 0.354 e. The van der Waals surface area contributed by atoms with Gasteiger partial charge in [-0.3, -0.25) is 9.59 Å². The highest BCUT2D eigenvalue weighted by Crippen LogP contribution is 2.11. The van der Waals surface area contributed by atoms with E-state index in [9.17, 15) is 9.59 Å². The van der Waals surface area contributed by atoms with Gasteiger partial charge in [0.15, 0.2) is 0 Å². The minimum atomic E-state index is -0.137. The van der Waals surface area contributed by atoms with Gasteiger partial charge in [-0.2, -0.15) is 0 Å². The first-order valence-electron chi connectivity index (χ1n) is 7.10. The molecule has 0 fully saturated rings. The highest BCUT2D eigenvalue weighted by molar-refractivity contribution is 14.1. The van der Waals surface area contributed by atoms with Crippen molar-refractivity contribution in [2.75, 3.05) is 13.1 Å². The topological polar surface area (TPSA) is 58.2 Å². The Kier molecular flexibility index (Phi) is 6.85. The van der Waals surface area contributed by atoms with Crippen molar-refractivity contribution in [2.24, 2.45) is 0 Å². The Balaban J connectivity index is 1.71. The molecule has 2 amide bonds. The number of hydrogen-bond acceptors (Lipinski definition) is 2. The van der Waals surface area contributed by atoms with Crippen LogP contribution in [0, 0.1) is 3.57 Å². The second-order valence-electron chi connectivity index (χ2n) is 4.89. The minimum absolute atomic E-state index is 0.0872. The Morgan fingerprint density at radius 1 is 0.957 bits per heavy atom. The van der Waals surface area contributed by atoms with Crippen LogP contribution in [0.15, 0.2) is 48.5 Å². The van der Waals surface area contributed by atoms with Gasteiger partial charge in [-0.15, -0.1) is 0 Å². The van der Waals surface area contributed by atoms with E-state index in [4.69, 9.17) is 11.6 Å². The summed E-state index contributed by atoms with van der Waals surface area (Å²) >= 11 is 7.92. The van der Waals surface area contributed by atoms with E-state index < -0.39 is 0 Å². The van der Waals surface area contributed by atoms with Gasteiger partial charge in [-0.1, -0.05) is 35.9 Å². The van der Waals surface area contributed by atoms with Crippen LogP contribution in [0.25, 0.3) is 0 Å². The van der Waals surface area contributed by atoms with Gasteiger partial charge in [-0.25, -0.2) is 0 Å². The number of rotatable bonds is 6. The van der Waals surface area contributed by atoms with Crippen molar-refractivity contribution < 1.29 is 9.59 Å². The lowest BCUT2D eigenvalue weighted by atomic mass is 10.1. The van der Waals surface area contributed by atoms with E-state index in [1.165, 1.54) is 0 Å². The summed E-state index contributed by atoms with van der Waals surface area (Å²) in [6, 6.07) is 14.5. The summed E-state index contributed by atoms with van der Waals surface area (Å²) in [6.45, 7) is 0.776. The molecule has 0 aromatic heterocycles. The zero-order chi connectivity index (χ0) is 16.7. The van der Waals surface area contributed by atoms with Crippen LogP contribution in [0.2, 0.25) is 5.02 Å². The summed E-state index contributed by atoms with van der Waals surface area (Å²) in [5.41, 5.74) is 1.54. The molecule has 0 saturated heterocycles. The van der Waals surface area contributed by atoms with Crippen molar-refractivity contribution in [1.29, 1.82) is 0 Å². The third-order valence-electron chi connectivity index (χ3n) is 3.13. The summed E-state index contributed by atoms with van der Waals surface area (Å²) in [4.78, 5) is 23.8. The van der Waals surface area contributed by atoms with Crippen LogP contribution in [0.5, 0.6) is 0 Å². The maximum Gasteiger partial charge on any atom is 0.252 e. The van der Waals surface area contributed by atoms with Gasteiger partial charge in [0.1, 0.15) is 0 Å². The number of halogens is 2. The van der Waals surface area contributed by atoms with E-state index >= 15 is 0 Å². The van der Waals surface area contributed by atoms with Crippen LogP contribution in [0.3, 0.4) is 0 Å². The second-order valence-corrected chi connectivity index (χ2v) is 6.49. The SMILES string of the molecule is O=C(Cc1ccc(Cl)cc1)NCCNC(=O)c1ccccc1I. The molecule has 0 aliphatic carbocycles. The zero-order valence-electron chi connectivity index (χ0n) is 12.3. The fourth-order valence-electron chi connectivity index (χ4n) is 1.97. The monoisotopic (exact) mass is 442 g/mol. The summed E-state index contributed by atoms with van der Waals surface area (Å²) in [5, 5.41) is 6.21. The molecular weight excluding hydrogens is 427 g/mol. The lowest BCUT2D eigenvalue weighted by molar-refractivity contribution is -0.120. The lowest BCUT2D eigenvalue weighted by Gasteiger charge is -2.08. The van der Waals surface area contributed by atoms with Crippen LogP contribution in [0.1, 0.15) is 15.9 Å². The number of hydrogen-bond donors (Lipinski definition) is 2. The third-order valence-corrected chi connectivity index (χ3v) is 4.32. The predicted molar refractivity (Wildman–Crippen MR) is 99.7 cm³/mol. The van der Waals surface area contributed by atoms with E-state index in [1.807, 2.05) is 30.3 Å². The predicted octanol–water partition coefficient (Wildman–Crippen LogP) is 3.03. The third kappa shape index (κ3) is 5.84. The molecule has 6 heteroatoms. The fourth-order valence-corrected chi connectivity index (χ4v) is 2.73. The molecule has 0 atom stereocenters. The lowest BCUT2D eigenvalue weighted by Crippen LogP contribution is -2.35. The van der Waals surface area contributed by atoms with Gasteiger partial charge in [-0.05, 0) is 52.4 Å². The molecule has 0 heterocycles. The first-order valence-corrected chi connectivity index (χ1v) is 8.56. The molecule has 120 valence electrons. The van der Waals surface area contributed by atoms with Crippen LogP contribution in [-0.4, -0.2) is 24.9 Å². The van der Waals surface area contributed by atoms with E-state index in [1.54, 1.807) is 18.2 Å². The minimum Gasteiger partial charge on any atom is -0.354 e. The quantitative estimate of drug-likeness (QED) is 0.534. The normalized spacial score (nSPS) is 10.2. The maximum absolute atomic E-state index is 12.0. The summed E-state index contributed by atoms with van der Waals surface area (Å²) < 4.78 is 0.898. The Morgan fingerprint density at radius 2 is 1.61 bits per heavy atom. The molecule has 0 aliphatic heterocycles. The van der Waals surface area contributed by atoms with Gasteiger partial charge in [0.25, 0.3) is 5.91 Å². The van der Waals surface area contributed by atoms with Crippen LogP contribution < -0.4 is 10.6 Å². The first-order chi connectivity index (χ1) is 11.1.